The average molecular weight is 321 g/mol. The van der Waals surface area contributed by atoms with E-state index >= 15 is 0 Å². The molecule has 0 aliphatic carbocycles. The first kappa shape index (κ1) is 17.5. The molecule has 0 amide bonds. The second-order valence-corrected chi connectivity index (χ2v) is 4.89. The molecule has 0 saturated heterocycles. The third-order valence-electron chi connectivity index (χ3n) is 2.39. The summed E-state index contributed by atoms with van der Waals surface area (Å²) >= 11 is 3.32. The molecule has 0 spiro atoms. The van der Waals surface area contributed by atoms with Crippen LogP contribution in [0.25, 0.3) is 0 Å². The van der Waals surface area contributed by atoms with Gasteiger partial charge in [0, 0.05) is 5.33 Å². The van der Waals surface area contributed by atoms with Gasteiger partial charge in [0.1, 0.15) is 0 Å². The highest BCUT2D eigenvalue weighted by molar-refractivity contribution is 9.09. The molecule has 106 valence electrons. The van der Waals surface area contributed by atoms with Gasteiger partial charge in [-0.15, -0.1) is 0 Å². The lowest BCUT2D eigenvalue weighted by atomic mass is 10.2. The summed E-state index contributed by atoms with van der Waals surface area (Å²) in [6.45, 7) is 3.04. The zero-order valence-corrected chi connectivity index (χ0v) is 12.9. The van der Waals surface area contributed by atoms with Crippen molar-refractivity contribution in [3.63, 3.8) is 0 Å². The van der Waals surface area contributed by atoms with Crippen molar-refractivity contribution in [1.29, 1.82) is 0 Å². The number of unbranched alkanes of at least 4 members (excludes halogenated alkanes) is 4. The van der Waals surface area contributed by atoms with Crippen LogP contribution in [-0.2, 0) is 9.47 Å². The van der Waals surface area contributed by atoms with E-state index in [1.807, 2.05) is 0 Å². The van der Waals surface area contributed by atoms with Crippen molar-refractivity contribution in [3.05, 3.63) is 12.2 Å². The summed E-state index contributed by atoms with van der Waals surface area (Å²) in [4.78, 5) is 11.1. The Morgan fingerprint density at radius 2 is 1.72 bits per heavy atom. The number of carbonyl (C=O) groups is 1. The van der Waals surface area contributed by atoms with Gasteiger partial charge in [-0.3, -0.25) is 0 Å². The molecule has 0 N–H and O–H groups in total. The van der Waals surface area contributed by atoms with Crippen molar-refractivity contribution < 1.29 is 14.3 Å². The Kier molecular flexibility index (Phi) is 14.1. The van der Waals surface area contributed by atoms with E-state index in [9.17, 15) is 4.79 Å². The van der Waals surface area contributed by atoms with E-state index in [0.29, 0.717) is 13.2 Å². The highest BCUT2D eigenvalue weighted by Crippen LogP contribution is 2.00. The maximum absolute atomic E-state index is 11.1. The Hall–Kier alpha value is -0.510. The van der Waals surface area contributed by atoms with Crippen LogP contribution in [0.4, 0.5) is 4.79 Å². The van der Waals surface area contributed by atoms with Gasteiger partial charge in [0.05, 0.1) is 13.2 Å². The Morgan fingerprint density at radius 1 is 1.00 bits per heavy atom. The van der Waals surface area contributed by atoms with Crippen LogP contribution in [0.2, 0.25) is 0 Å². The van der Waals surface area contributed by atoms with Gasteiger partial charge in [-0.2, -0.15) is 0 Å². The molecule has 0 aliphatic heterocycles. The smallest absolute Gasteiger partial charge is 0.434 e. The summed E-state index contributed by atoms with van der Waals surface area (Å²) in [7, 11) is 0. The Labute approximate surface area is 119 Å². The lowest BCUT2D eigenvalue weighted by Crippen LogP contribution is -2.09. The summed E-state index contributed by atoms with van der Waals surface area (Å²) in [6.07, 6.45) is 11.2. The minimum atomic E-state index is -0.552. The Balaban J connectivity index is 3.24. The number of allylic oxidation sites excluding steroid dienone is 1. The first-order chi connectivity index (χ1) is 8.81. The molecule has 0 aromatic rings. The van der Waals surface area contributed by atoms with E-state index in [1.54, 1.807) is 0 Å². The predicted octanol–water partition coefficient (Wildman–Crippen LogP) is 4.84. The largest absolute Gasteiger partial charge is 0.508 e. The third-order valence-corrected chi connectivity index (χ3v) is 2.95. The van der Waals surface area contributed by atoms with Crippen molar-refractivity contribution >= 4 is 22.1 Å². The summed E-state index contributed by atoms with van der Waals surface area (Å²) in [5, 5.41) is 0.939. The van der Waals surface area contributed by atoms with Gasteiger partial charge in [0.25, 0.3) is 0 Å². The molecule has 3 nitrogen and oxygen atoms in total. The summed E-state index contributed by atoms with van der Waals surface area (Å²) in [5.41, 5.74) is 0. The molecule has 0 aromatic carbocycles. The standard InChI is InChI=1S/C14H25BrO3/c1-2-3-4-5-6-7-9-12-17-14(16)18-13-10-8-11-15/h6-7H,2-5,8-13H2,1H3/b7-6-. The quantitative estimate of drug-likeness (QED) is 0.236. The monoisotopic (exact) mass is 320 g/mol. The highest BCUT2D eigenvalue weighted by Gasteiger charge is 2.01. The molecule has 0 radical (unpaired) electrons. The maximum atomic E-state index is 11.1. The number of alkyl halides is 1. The molecular weight excluding hydrogens is 296 g/mol. The number of hydrogen-bond acceptors (Lipinski definition) is 3. The van der Waals surface area contributed by atoms with Crippen molar-refractivity contribution in [3.8, 4) is 0 Å². The second-order valence-electron chi connectivity index (χ2n) is 4.10. The number of carbonyl (C=O) groups excluding carboxylic acids is 1. The van der Waals surface area contributed by atoms with Gasteiger partial charge < -0.3 is 9.47 Å². The van der Waals surface area contributed by atoms with E-state index in [0.717, 1.165) is 31.0 Å². The van der Waals surface area contributed by atoms with Crippen LogP contribution >= 0.6 is 15.9 Å². The van der Waals surface area contributed by atoms with Gasteiger partial charge >= 0.3 is 6.16 Å². The third kappa shape index (κ3) is 13.6. The van der Waals surface area contributed by atoms with Crippen molar-refractivity contribution in [2.45, 2.75) is 51.9 Å². The van der Waals surface area contributed by atoms with Crippen molar-refractivity contribution in [2.75, 3.05) is 18.5 Å². The van der Waals surface area contributed by atoms with Crippen LogP contribution in [0.3, 0.4) is 0 Å². The Morgan fingerprint density at radius 3 is 2.44 bits per heavy atom. The van der Waals surface area contributed by atoms with Crippen molar-refractivity contribution in [2.24, 2.45) is 0 Å². The highest BCUT2D eigenvalue weighted by atomic mass is 79.9. The molecule has 0 rings (SSSR count). The number of rotatable bonds is 11. The molecule has 0 aromatic heterocycles. The van der Waals surface area contributed by atoms with Gasteiger partial charge in [-0.1, -0.05) is 47.8 Å². The van der Waals surface area contributed by atoms with E-state index < -0.39 is 6.16 Å². The van der Waals surface area contributed by atoms with E-state index in [2.05, 4.69) is 35.0 Å². The SMILES string of the molecule is CCCCC/C=C\CCOC(=O)OCCCCBr. The summed E-state index contributed by atoms with van der Waals surface area (Å²) < 4.78 is 9.82. The van der Waals surface area contributed by atoms with E-state index in [1.165, 1.54) is 19.3 Å². The fourth-order valence-corrected chi connectivity index (χ4v) is 1.75. The predicted molar refractivity (Wildman–Crippen MR) is 78.2 cm³/mol. The van der Waals surface area contributed by atoms with Crippen LogP contribution in [0.1, 0.15) is 51.9 Å². The van der Waals surface area contributed by atoms with E-state index in [4.69, 9.17) is 9.47 Å². The lowest BCUT2D eigenvalue weighted by molar-refractivity contribution is 0.0557. The van der Waals surface area contributed by atoms with Gasteiger partial charge in [-0.25, -0.2) is 4.79 Å². The number of ether oxygens (including phenoxy) is 2. The summed E-state index contributed by atoms with van der Waals surface area (Å²) in [5.74, 6) is 0. The molecule has 0 heterocycles. The molecule has 0 fully saturated rings. The molecule has 0 bridgehead atoms. The van der Waals surface area contributed by atoms with Crippen LogP contribution in [0.15, 0.2) is 12.2 Å². The van der Waals surface area contributed by atoms with Gasteiger partial charge in [-0.05, 0) is 32.1 Å². The van der Waals surface area contributed by atoms with Crippen molar-refractivity contribution in [1.82, 2.24) is 0 Å². The molecule has 0 saturated carbocycles. The first-order valence-corrected chi connectivity index (χ1v) is 7.94. The van der Waals surface area contributed by atoms with E-state index in [-0.39, 0.29) is 0 Å². The lowest BCUT2D eigenvalue weighted by Gasteiger charge is -2.04. The van der Waals surface area contributed by atoms with Crippen LogP contribution in [-0.4, -0.2) is 24.7 Å². The molecular formula is C14H25BrO3. The number of hydrogen-bond donors (Lipinski definition) is 0. The minimum absolute atomic E-state index is 0.404. The minimum Gasteiger partial charge on any atom is -0.434 e. The zero-order valence-electron chi connectivity index (χ0n) is 11.3. The molecule has 18 heavy (non-hydrogen) atoms. The zero-order chi connectivity index (χ0) is 13.5. The molecule has 4 heteroatoms. The number of halogens is 1. The average Bonchev–Trinajstić information content (AvgIpc) is 2.38. The second kappa shape index (κ2) is 14.6. The molecule has 0 atom stereocenters. The van der Waals surface area contributed by atoms with Gasteiger partial charge in [0.2, 0.25) is 0 Å². The van der Waals surface area contributed by atoms with Crippen LogP contribution < -0.4 is 0 Å². The fourth-order valence-electron chi connectivity index (χ4n) is 1.35. The topological polar surface area (TPSA) is 35.5 Å². The van der Waals surface area contributed by atoms with Crippen LogP contribution in [0, 0.1) is 0 Å². The fraction of sp³-hybridized carbons (Fsp3) is 0.786. The first-order valence-electron chi connectivity index (χ1n) is 6.81. The maximum Gasteiger partial charge on any atom is 0.508 e. The Bertz CT molecular complexity index is 217. The van der Waals surface area contributed by atoms with Crippen LogP contribution in [0.5, 0.6) is 0 Å². The molecule has 0 aliphatic rings. The van der Waals surface area contributed by atoms with Gasteiger partial charge in [0.15, 0.2) is 0 Å². The summed E-state index contributed by atoms with van der Waals surface area (Å²) in [6, 6.07) is 0. The normalized spacial score (nSPS) is 10.8. The molecule has 0 unspecified atom stereocenters.